The number of hydrogen-bond acceptors (Lipinski definition) is 4. The van der Waals surface area contributed by atoms with E-state index in [1.807, 2.05) is 0 Å². The van der Waals surface area contributed by atoms with Gasteiger partial charge in [-0.25, -0.2) is 5.10 Å². The molecule has 7 heteroatoms. The minimum absolute atomic E-state index is 0.237. The summed E-state index contributed by atoms with van der Waals surface area (Å²) in [4.78, 5) is 22.4. The molecule has 0 radical (unpaired) electrons. The molecule has 2 heterocycles. The van der Waals surface area contributed by atoms with Gasteiger partial charge >= 0.3 is 0 Å². The van der Waals surface area contributed by atoms with Crippen molar-refractivity contribution in [3.8, 4) is 0 Å². The van der Waals surface area contributed by atoms with Gasteiger partial charge in [0.1, 0.15) is 0 Å². The van der Waals surface area contributed by atoms with Crippen molar-refractivity contribution in [2.24, 2.45) is 0 Å². The van der Waals surface area contributed by atoms with Crippen molar-refractivity contribution in [3.05, 3.63) is 42.4 Å². The van der Waals surface area contributed by atoms with Crippen LogP contribution in [-0.2, 0) is 0 Å². The highest BCUT2D eigenvalue weighted by Gasteiger charge is 2.08. The van der Waals surface area contributed by atoms with Gasteiger partial charge in [0.15, 0.2) is 5.82 Å². The second-order valence-electron chi connectivity index (χ2n) is 2.90. The molecule has 0 aliphatic rings. The SMILES string of the molecule is O=C(Nc1ccc(=O)[nH]n1)c1csc(I)c1. The third kappa shape index (κ3) is 2.67. The van der Waals surface area contributed by atoms with Crippen molar-refractivity contribution in [2.75, 3.05) is 5.32 Å². The molecule has 2 aromatic rings. The third-order valence-electron chi connectivity index (χ3n) is 1.75. The zero-order chi connectivity index (χ0) is 11.5. The number of halogens is 1. The van der Waals surface area contributed by atoms with Crippen LogP contribution in [0.3, 0.4) is 0 Å². The van der Waals surface area contributed by atoms with E-state index >= 15 is 0 Å². The van der Waals surface area contributed by atoms with E-state index < -0.39 is 0 Å². The number of aromatic nitrogens is 2. The van der Waals surface area contributed by atoms with Crippen LogP contribution < -0.4 is 10.9 Å². The van der Waals surface area contributed by atoms with Crippen LogP contribution in [0, 0.1) is 2.88 Å². The number of hydrogen-bond donors (Lipinski definition) is 2. The summed E-state index contributed by atoms with van der Waals surface area (Å²) in [5.41, 5.74) is 0.283. The van der Waals surface area contributed by atoms with Gasteiger partial charge in [-0.15, -0.1) is 11.3 Å². The standard InChI is InChI=1S/C9H6IN3O2S/c10-6-3-5(4-16-6)9(15)11-7-1-2-8(14)13-12-7/h1-4H,(H,13,14)(H,11,12,15). The maximum atomic E-state index is 11.7. The van der Waals surface area contributed by atoms with E-state index in [-0.39, 0.29) is 11.5 Å². The molecule has 0 spiro atoms. The first kappa shape index (κ1) is 11.3. The molecular weight excluding hydrogens is 341 g/mol. The monoisotopic (exact) mass is 347 g/mol. The molecule has 1 amide bonds. The molecule has 5 nitrogen and oxygen atoms in total. The number of carbonyl (C=O) groups excluding carboxylic acids is 1. The minimum atomic E-state index is -0.303. The Balaban J connectivity index is 2.13. The van der Waals surface area contributed by atoms with Crippen molar-refractivity contribution in [1.82, 2.24) is 10.2 Å². The smallest absolute Gasteiger partial charge is 0.264 e. The van der Waals surface area contributed by atoms with Crippen molar-refractivity contribution in [3.63, 3.8) is 0 Å². The number of amides is 1. The Bertz CT molecular complexity index is 558. The summed E-state index contributed by atoms with van der Waals surface area (Å²) in [7, 11) is 0. The first-order chi connectivity index (χ1) is 7.65. The van der Waals surface area contributed by atoms with Gasteiger partial charge in [0.05, 0.1) is 8.45 Å². The van der Waals surface area contributed by atoms with Gasteiger partial charge in [0.2, 0.25) is 0 Å². The van der Waals surface area contributed by atoms with E-state index in [1.54, 1.807) is 11.4 Å². The second-order valence-corrected chi connectivity index (χ2v) is 5.71. The lowest BCUT2D eigenvalue weighted by Crippen LogP contribution is -2.15. The molecule has 0 aliphatic heterocycles. The fourth-order valence-electron chi connectivity index (χ4n) is 1.03. The quantitative estimate of drug-likeness (QED) is 0.812. The van der Waals surface area contributed by atoms with Gasteiger partial charge in [-0.3, -0.25) is 9.59 Å². The maximum Gasteiger partial charge on any atom is 0.264 e. The molecule has 2 aromatic heterocycles. The Hall–Kier alpha value is -1.22. The number of thiophene rings is 1. The summed E-state index contributed by atoms with van der Waals surface area (Å²) in [6.07, 6.45) is 0. The number of nitrogens with zero attached hydrogens (tertiary/aromatic N) is 1. The summed E-state index contributed by atoms with van der Waals surface area (Å²) >= 11 is 3.64. The minimum Gasteiger partial charge on any atom is -0.305 e. The van der Waals surface area contributed by atoms with E-state index in [0.717, 1.165) is 2.88 Å². The lowest BCUT2D eigenvalue weighted by Gasteiger charge is -2.00. The zero-order valence-corrected chi connectivity index (χ0v) is 10.8. The molecule has 2 rings (SSSR count). The van der Waals surface area contributed by atoms with Crippen LogP contribution in [0.25, 0.3) is 0 Å². The average molecular weight is 347 g/mol. The van der Waals surface area contributed by atoms with Crippen molar-refractivity contribution in [1.29, 1.82) is 0 Å². The first-order valence-electron chi connectivity index (χ1n) is 4.26. The highest BCUT2D eigenvalue weighted by atomic mass is 127. The lowest BCUT2D eigenvalue weighted by molar-refractivity contribution is 0.102. The van der Waals surface area contributed by atoms with Crippen molar-refractivity contribution in [2.45, 2.75) is 0 Å². The lowest BCUT2D eigenvalue weighted by atomic mass is 10.3. The normalized spacial score (nSPS) is 10.1. The fraction of sp³-hybridized carbons (Fsp3) is 0. The molecule has 0 aliphatic carbocycles. The highest BCUT2D eigenvalue weighted by molar-refractivity contribution is 14.1. The molecule has 0 fully saturated rings. The summed E-state index contributed by atoms with van der Waals surface area (Å²) in [5.74, 6) is 0.0875. The summed E-state index contributed by atoms with van der Waals surface area (Å²) in [6, 6.07) is 4.54. The maximum absolute atomic E-state index is 11.7. The Labute approximate surface area is 108 Å². The molecule has 16 heavy (non-hydrogen) atoms. The molecule has 82 valence electrons. The number of anilines is 1. The van der Waals surface area contributed by atoms with Gasteiger partial charge in [0.25, 0.3) is 11.5 Å². The van der Waals surface area contributed by atoms with Crippen LogP contribution in [0.5, 0.6) is 0 Å². The van der Waals surface area contributed by atoms with Crippen LogP contribution >= 0.6 is 33.9 Å². The fourth-order valence-corrected chi connectivity index (χ4v) is 2.36. The highest BCUT2D eigenvalue weighted by Crippen LogP contribution is 2.17. The van der Waals surface area contributed by atoms with Crippen LogP contribution in [0.1, 0.15) is 10.4 Å². The van der Waals surface area contributed by atoms with E-state index in [9.17, 15) is 9.59 Å². The molecular formula is C9H6IN3O2S. The topological polar surface area (TPSA) is 74.8 Å². The number of carbonyl (C=O) groups is 1. The van der Waals surface area contributed by atoms with Crippen LogP contribution in [0.4, 0.5) is 5.82 Å². The number of H-pyrrole nitrogens is 1. The zero-order valence-electron chi connectivity index (χ0n) is 7.86. The van der Waals surface area contributed by atoms with E-state index in [4.69, 9.17) is 0 Å². The van der Waals surface area contributed by atoms with E-state index in [0.29, 0.717) is 11.4 Å². The van der Waals surface area contributed by atoms with Gasteiger partial charge in [0, 0.05) is 11.4 Å². The van der Waals surface area contributed by atoms with Crippen LogP contribution in [-0.4, -0.2) is 16.1 Å². The molecule has 2 N–H and O–H groups in total. The van der Waals surface area contributed by atoms with Crippen LogP contribution in [0.15, 0.2) is 28.4 Å². The van der Waals surface area contributed by atoms with Crippen LogP contribution in [0.2, 0.25) is 0 Å². The van der Waals surface area contributed by atoms with Crippen molar-refractivity contribution >= 4 is 45.7 Å². The molecule has 0 bridgehead atoms. The number of rotatable bonds is 2. The second kappa shape index (κ2) is 4.74. The van der Waals surface area contributed by atoms with E-state index in [1.165, 1.54) is 23.5 Å². The first-order valence-corrected chi connectivity index (χ1v) is 6.22. The number of nitrogens with one attached hydrogen (secondary N) is 2. The predicted octanol–water partition coefficient (Wildman–Crippen LogP) is 1.69. The summed E-state index contributed by atoms with van der Waals surface area (Å²) in [6.45, 7) is 0. The number of aromatic amines is 1. The summed E-state index contributed by atoms with van der Waals surface area (Å²) < 4.78 is 1.04. The van der Waals surface area contributed by atoms with Gasteiger partial charge in [-0.1, -0.05) is 0 Å². The van der Waals surface area contributed by atoms with Gasteiger partial charge < -0.3 is 5.32 Å². The largest absolute Gasteiger partial charge is 0.305 e. The molecule has 0 aromatic carbocycles. The molecule has 0 atom stereocenters. The molecule has 0 saturated carbocycles. The molecule has 0 saturated heterocycles. The Morgan fingerprint density at radius 1 is 1.50 bits per heavy atom. The predicted molar refractivity (Wildman–Crippen MR) is 69.8 cm³/mol. The average Bonchev–Trinajstić information content (AvgIpc) is 2.68. The Morgan fingerprint density at radius 3 is 2.88 bits per heavy atom. The molecule has 0 unspecified atom stereocenters. The Morgan fingerprint density at radius 2 is 2.31 bits per heavy atom. The van der Waals surface area contributed by atoms with Gasteiger partial charge in [-0.05, 0) is 34.7 Å². The summed E-state index contributed by atoms with van der Waals surface area (Å²) in [5, 5.41) is 10.3. The van der Waals surface area contributed by atoms with Crippen molar-refractivity contribution < 1.29 is 4.79 Å². The Kier molecular flexibility index (Phi) is 3.34. The van der Waals surface area contributed by atoms with Gasteiger partial charge in [-0.2, -0.15) is 5.10 Å². The third-order valence-corrected chi connectivity index (χ3v) is 3.54. The van der Waals surface area contributed by atoms with E-state index in [2.05, 4.69) is 38.1 Å².